The van der Waals surface area contributed by atoms with Crippen LogP contribution in [0.2, 0.25) is 0 Å². The van der Waals surface area contributed by atoms with E-state index in [0.717, 1.165) is 0 Å². The van der Waals surface area contributed by atoms with E-state index in [-0.39, 0.29) is 6.08 Å². The lowest BCUT2D eigenvalue weighted by molar-refractivity contribution is -0.727. The van der Waals surface area contributed by atoms with Crippen LogP contribution in [0.1, 0.15) is 0 Å². The van der Waals surface area contributed by atoms with Crippen molar-refractivity contribution in [1.82, 2.24) is 0 Å². The summed E-state index contributed by atoms with van der Waals surface area (Å²) in [5.41, 5.74) is 1.29. The molecule has 0 aromatic carbocycles. The Morgan fingerprint density at radius 1 is 0.938 bits per heavy atom. The van der Waals surface area contributed by atoms with Crippen LogP contribution < -0.4 is 0 Å². The fraction of sp³-hybridized carbons (Fsp3) is 0.250. The Morgan fingerprint density at radius 2 is 1.31 bits per heavy atom. The lowest BCUT2D eigenvalue weighted by Gasteiger charge is -1.92. The lowest BCUT2D eigenvalue weighted by Crippen LogP contribution is -2.26. The number of nitro groups is 4. The highest BCUT2D eigenvalue weighted by molar-refractivity contribution is 4.86. The Morgan fingerprint density at radius 3 is 1.56 bits per heavy atom. The maximum atomic E-state index is 10.0. The maximum Gasteiger partial charge on any atom is 0.605 e. The molecule has 0 unspecified atom stereocenters. The van der Waals surface area contributed by atoms with E-state index in [4.69, 9.17) is 0 Å². The molecule has 0 saturated carbocycles. The van der Waals surface area contributed by atoms with Crippen molar-refractivity contribution in [2.24, 2.45) is 0 Å². The van der Waals surface area contributed by atoms with Crippen molar-refractivity contribution < 1.29 is 19.7 Å². The summed E-state index contributed by atoms with van der Waals surface area (Å²) < 4.78 is 0. The average Bonchev–Trinajstić information content (AvgIpc) is 2.09. The van der Waals surface area contributed by atoms with Gasteiger partial charge in [-0.2, -0.15) is 0 Å². The Kier molecular flexibility index (Phi) is 4.19. The number of rotatable bonds is 5. The van der Waals surface area contributed by atoms with E-state index in [1.807, 2.05) is 0 Å². The molecule has 12 heteroatoms. The predicted octanol–water partition coefficient (Wildman–Crippen LogP) is -0.584. The second-order valence-corrected chi connectivity index (χ2v) is 2.13. The molecule has 0 spiro atoms. The molecule has 0 N–H and O–H groups in total. The first-order valence-corrected chi connectivity index (χ1v) is 3.30. The summed E-state index contributed by atoms with van der Waals surface area (Å²) in [6.07, 6.45) is -2.49. The molecule has 16 heavy (non-hydrogen) atoms. The molecule has 0 aliphatic carbocycles. The van der Waals surface area contributed by atoms with Crippen LogP contribution in [0.4, 0.5) is 0 Å². The number of nitrogens with zero attached hydrogens (tertiary/aromatic N) is 4. The van der Waals surface area contributed by atoms with Gasteiger partial charge in [-0.25, -0.2) is 0 Å². The van der Waals surface area contributed by atoms with Crippen molar-refractivity contribution in [2.75, 3.05) is 0 Å². The molecule has 0 amide bonds. The van der Waals surface area contributed by atoms with Gasteiger partial charge >= 0.3 is 12.0 Å². The van der Waals surface area contributed by atoms with Gasteiger partial charge < -0.3 is 0 Å². The molecule has 0 aromatic rings. The molecular weight excluding hydrogens is 232 g/mol. The molecule has 0 aromatic heterocycles. The molecule has 0 radical (unpaired) electrons. The highest BCUT2D eigenvalue weighted by Gasteiger charge is 2.31. The van der Waals surface area contributed by atoms with E-state index >= 15 is 0 Å². The minimum absolute atomic E-state index is 0.0287. The minimum Gasteiger partial charge on any atom is -0.258 e. The zero-order valence-corrected chi connectivity index (χ0v) is 7.21. The standard InChI is InChI=1S/C4H2N4O8/c9-5(10)3(6(11)12)1-2-4(7(13)14)8(15)16/h1,3H. The van der Waals surface area contributed by atoms with Crippen LogP contribution in [0.3, 0.4) is 0 Å². The van der Waals surface area contributed by atoms with Crippen molar-refractivity contribution >= 4 is 0 Å². The molecule has 86 valence electrons. The third-order valence-electron chi connectivity index (χ3n) is 1.14. The van der Waals surface area contributed by atoms with Gasteiger partial charge in [0.05, 0.1) is 5.73 Å². The molecule has 0 aliphatic heterocycles. The highest BCUT2D eigenvalue weighted by Crippen LogP contribution is 1.97. The van der Waals surface area contributed by atoms with E-state index in [2.05, 4.69) is 0 Å². The van der Waals surface area contributed by atoms with E-state index in [1.165, 1.54) is 5.73 Å². The molecule has 0 bridgehead atoms. The van der Waals surface area contributed by atoms with E-state index in [0.29, 0.717) is 0 Å². The van der Waals surface area contributed by atoms with Crippen molar-refractivity contribution in [3.63, 3.8) is 0 Å². The van der Waals surface area contributed by atoms with Gasteiger partial charge in [-0.1, -0.05) is 0 Å². The fourth-order valence-electron chi connectivity index (χ4n) is 0.520. The van der Waals surface area contributed by atoms with Gasteiger partial charge in [0.25, 0.3) is 0 Å². The van der Waals surface area contributed by atoms with Crippen LogP contribution in [0, 0.1) is 40.5 Å². The topological polar surface area (TPSA) is 173 Å². The van der Waals surface area contributed by atoms with Gasteiger partial charge in [-0.3, -0.25) is 40.5 Å². The van der Waals surface area contributed by atoms with Gasteiger partial charge in [-0.15, -0.1) is 0 Å². The molecule has 0 atom stereocenters. The zero-order valence-electron chi connectivity index (χ0n) is 7.21. The molecule has 0 rings (SSSR count). The van der Waals surface area contributed by atoms with Crippen molar-refractivity contribution in [1.29, 1.82) is 0 Å². The normalized spacial score (nSPS) is 9.06. The molecule has 0 saturated heterocycles. The Labute approximate surface area is 85.1 Å². The minimum atomic E-state index is -2.52. The number of hydrogen-bond donors (Lipinski definition) is 0. The van der Waals surface area contributed by atoms with E-state index in [1.54, 1.807) is 0 Å². The summed E-state index contributed by atoms with van der Waals surface area (Å²) in [6.45, 7) is 0. The zero-order chi connectivity index (χ0) is 12.9. The van der Waals surface area contributed by atoms with Gasteiger partial charge in [0, 0.05) is 0 Å². The third kappa shape index (κ3) is 3.47. The first-order chi connectivity index (χ1) is 7.27. The smallest absolute Gasteiger partial charge is 0.258 e. The van der Waals surface area contributed by atoms with Gasteiger partial charge in [0.2, 0.25) is 0 Å². The third-order valence-corrected chi connectivity index (χ3v) is 1.14. The summed E-state index contributed by atoms with van der Waals surface area (Å²) in [5.74, 6) is -1.71. The lowest BCUT2D eigenvalue weighted by atomic mass is 10.5. The van der Waals surface area contributed by atoms with E-state index in [9.17, 15) is 40.5 Å². The Bertz CT molecular complexity index is 390. The molecule has 0 heterocycles. The predicted molar refractivity (Wildman–Crippen MR) is 43.4 cm³/mol. The van der Waals surface area contributed by atoms with E-state index < -0.39 is 31.7 Å². The second-order valence-electron chi connectivity index (χ2n) is 2.13. The van der Waals surface area contributed by atoms with Gasteiger partial charge in [0.15, 0.2) is 0 Å². The largest absolute Gasteiger partial charge is 0.605 e. The van der Waals surface area contributed by atoms with Crippen LogP contribution in [-0.2, 0) is 0 Å². The van der Waals surface area contributed by atoms with Crippen LogP contribution in [-0.4, -0.2) is 25.9 Å². The van der Waals surface area contributed by atoms with Crippen molar-refractivity contribution in [3.05, 3.63) is 58.1 Å². The summed E-state index contributed by atoms with van der Waals surface area (Å²) in [5, 5.41) is 40.1. The summed E-state index contributed by atoms with van der Waals surface area (Å²) >= 11 is 0. The fourth-order valence-corrected chi connectivity index (χ4v) is 0.520. The average molecular weight is 234 g/mol. The Balaban J connectivity index is 5.37. The van der Waals surface area contributed by atoms with Crippen molar-refractivity contribution in [2.45, 2.75) is 6.17 Å². The Hall–Kier alpha value is -2.88. The molecule has 12 nitrogen and oxygen atoms in total. The summed E-state index contributed by atoms with van der Waals surface area (Å²) in [7, 11) is 0. The van der Waals surface area contributed by atoms with Crippen molar-refractivity contribution in [3.8, 4) is 0 Å². The molecule has 0 fully saturated rings. The first-order valence-electron chi connectivity index (χ1n) is 3.30. The highest BCUT2D eigenvalue weighted by atomic mass is 16.7. The first kappa shape index (κ1) is 13.1. The summed E-state index contributed by atoms with van der Waals surface area (Å²) in [6, 6.07) is 0. The number of hydrogen-bond acceptors (Lipinski definition) is 8. The van der Waals surface area contributed by atoms with Crippen LogP contribution in [0.15, 0.2) is 17.6 Å². The quantitative estimate of drug-likeness (QED) is 0.262. The van der Waals surface area contributed by atoms with Crippen LogP contribution >= 0.6 is 0 Å². The van der Waals surface area contributed by atoms with Crippen LogP contribution in [0.5, 0.6) is 0 Å². The monoisotopic (exact) mass is 234 g/mol. The SMILES string of the molecule is O=[N+]([O-])C(=C=CC([N+](=O)[O-])[N+](=O)[O-])[N+](=O)[O-]. The second kappa shape index (κ2) is 5.11. The summed E-state index contributed by atoms with van der Waals surface area (Å²) in [4.78, 5) is 34.3. The van der Waals surface area contributed by atoms with Gasteiger partial charge in [-0.05, 0) is 0 Å². The maximum absolute atomic E-state index is 10.0. The molecule has 0 aliphatic rings. The van der Waals surface area contributed by atoms with Gasteiger partial charge in [0.1, 0.15) is 25.8 Å². The molecular formula is C4H2N4O8. The van der Waals surface area contributed by atoms with Crippen LogP contribution in [0.25, 0.3) is 0 Å².